The van der Waals surface area contributed by atoms with Crippen LogP contribution < -0.4 is 9.47 Å². The molecule has 1 aliphatic heterocycles. The predicted octanol–water partition coefficient (Wildman–Crippen LogP) is 5.52. The second kappa shape index (κ2) is 9.83. The van der Waals surface area contributed by atoms with Crippen molar-refractivity contribution in [3.05, 3.63) is 88.9 Å². The number of hydrogen-bond acceptors (Lipinski definition) is 6. The number of ether oxygens (including phenoxy) is 2. The van der Waals surface area contributed by atoms with Gasteiger partial charge >= 0.3 is 5.97 Å². The zero-order valence-corrected chi connectivity index (χ0v) is 19.7. The fourth-order valence-electron chi connectivity index (χ4n) is 4.55. The number of para-hydroxylation sites is 1. The molecular weight excluding hydrogens is 448 g/mol. The molecule has 0 radical (unpaired) electrons. The molecule has 0 bridgehead atoms. The smallest absolute Gasteiger partial charge is 0.320 e. The van der Waals surface area contributed by atoms with Crippen LogP contribution in [-0.4, -0.2) is 40.7 Å². The summed E-state index contributed by atoms with van der Waals surface area (Å²) in [6.45, 7) is 1.14. The van der Waals surface area contributed by atoms with Crippen LogP contribution in [0.25, 0.3) is 10.2 Å². The molecule has 1 saturated heterocycles. The average molecular weight is 475 g/mol. The molecule has 174 valence electrons. The van der Waals surface area contributed by atoms with Gasteiger partial charge in [-0.15, -0.1) is 11.3 Å². The van der Waals surface area contributed by atoms with Gasteiger partial charge in [-0.25, -0.2) is 4.98 Å². The molecule has 5 rings (SSSR count). The fourth-order valence-corrected chi connectivity index (χ4v) is 5.67. The van der Waals surface area contributed by atoms with Crippen LogP contribution >= 0.6 is 11.3 Å². The summed E-state index contributed by atoms with van der Waals surface area (Å²) in [6, 6.07) is 23.0. The van der Waals surface area contributed by atoms with Gasteiger partial charge in [0.1, 0.15) is 17.7 Å². The minimum Gasteiger partial charge on any atom is -0.493 e. The monoisotopic (exact) mass is 474 g/mol. The number of hydrogen-bond donors (Lipinski definition) is 1. The third-order valence-electron chi connectivity index (χ3n) is 6.20. The molecule has 2 unspecified atom stereocenters. The number of benzene rings is 3. The van der Waals surface area contributed by atoms with Gasteiger partial charge < -0.3 is 14.6 Å². The number of carboxylic acids is 1. The Labute approximate surface area is 202 Å². The third kappa shape index (κ3) is 4.49. The Hall–Kier alpha value is -3.42. The Balaban J connectivity index is 1.52. The van der Waals surface area contributed by atoms with Crippen molar-refractivity contribution in [3.8, 4) is 11.5 Å². The van der Waals surface area contributed by atoms with E-state index in [1.54, 1.807) is 18.4 Å². The molecule has 1 aromatic heterocycles. The lowest BCUT2D eigenvalue weighted by Crippen LogP contribution is -2.39. The lowest BCUT2D eigenvalue weighted by Gasteiger charge is -2.30. The van der Waals surface area contributed by atoms with E-state index in [9.17, 15) is 9.90 Å². The molecular formula is C27H26N2O4S. The summed E-state index contributed by atoms with van der Waals surface area (Å²) >= 11 is 1.61. The van der Waals surface area contributed by atoms with E-state index in [1.807, 2.05) is 72.8 Å². The first kappa shape index (κ1) is 22.4. The quantitative estimate of drug-likeness (QED) is 0.362. The standard InChI is InChI=1S/C27H26N2O4S/c1-32-23-16-19(13-14-22(23)33-17-18-8-3-2-4-9-18)25(29-15-7-11-21(29)27(30)31)26-28-20-10-5-6-12-24(20)34-26/h2-6,8-10,12-14,16,21,25H,7,11,15,17H2,1H3,(H,30,31). The zero-order chi connectivity index (χ0) is 23.5. The number of nitrogens with zero attached hydrogens (tertiary/aromatic N) is 2. The van der Waals surface area contributed by atoms with E-state index in [-0.39, 0.29) is 6.04 Å². The van der Waals surface area contributed by atoms with Crippen molar-refractivity contribution < 1.29 is 19.4 Å². The van der Waals surface area contributed by atoms with Crippen molar-refractivity contribution in [2.45, 2.75) is 31.5 Å². The highest BCUT2D eigenvalue weighted by Crippen LogP contribution is 2.41. The Morgan fingerprint density at radius 1 is 1.12 bits per heavy atom. The molecule has 0 amide bonds. The van der Waals surface area contributed by atoms with Crippen LogP contribution in [-0.2, 0) is 11.4 Å². The summed E-state index contributed by atoms with van der Waals surface area (Å²) in [6.07, 6.45) is 1.47. The second-order valence-corrected chi connectivity index (χ2v) is 9.40. The first-order chi connectivity index (χ1) is 16.6. The Kier molecular flexibility index (Phi) is 6.47. The number of aromatic nitrogens is 1. The molecule has 6 nitrogen and oxygen atoms in total. The fraction of sp³-hybridized carbons (Fsp3) is 0.259. The van der Waals surface area contributed by atoms with Gasteiger partial charge in [0.2, 0.25) is 0 Å². The molecule has 0 saturated carbocycles. The van der Waals surface area contributed by atoms with Crippen molar-refractivity contribution in [1.29, 1.82) is 0 Å². The van der Waals surface area contributed by atoms with Crippen molar-refractivity contribution in [1.82, 2.24) is 9.88 Å². The Bertz CT molecular complexity index is 1260. The summed E-state index contributed by atoms with van der Waals surface area (Å²) < 4.78 is 12.8. The van der Waals surface area contributed by atoms with Crippen LogP contribution in [0.3, 0.4) is 0 Å². The molecule has 0 spiro atoms. The number of aliphatic carboxylic acids is 1. The molecule has 4 aromatic rings. The molecule has 7 heteroatoms. The van der Waals surface area contributed by atoms with Crippen molar-refractivity contribution >= 4 is 27.5 Å². The highest BCUT2D eigenvalue weighted by Gasteiger charge is 2.38. The maximum atomic E-state index is 12.0. The molecule has 1 aliphatic rings. The molecule has 0 aliphatic carbocycles. The van der Waals surface area contributed by atoms with Gasteiger partial charge in [0.05, 0.1) is 23.4 Å². The predicted molar refractivity (Wildman–Crippen MR) is 133 cm³/mol. The van der Waals surface area contributed by atoms with Crippen LogP contribution in [0.4, 0.5) is 0 Å². The highest BCUT2D eigenvalue weighted by molar-refractivity contribution is 7.18. The van der Waals surface area contributed by atoms with E-state index >= 15 is 0 Å². The van der Waals surface area contributed by atoms with Crippen LogP contribution in [0, 0.1) is 0 Å². The largest absolute Gasteiger partial charge is 0.493 e. The van der Waals surface area contributed by atoms with Crippen molar-refractivity contribution in [3.63, 3.8) is 0 Å². The van der Waals surface area contributed by atoms with Gasteiger partial charge in [0, 0.05) is 6.54 Å². The molecule has 2 heterocycles. The van der Waals surface area contributed by atoms with Gasteiger partial charge in [-0.05, 0) is 48.2 Å². The minimum absolute atomic E-state index is 0.280. The maximum Gasteiger partial charge on any atom is 0.320 e. The van der Waals surface area contributed by atoms with E-state index in [0.717, 1.165) is 32.8 Å². The molecule has 3 aromatic carbocycles. The van der Waals surface area contributed by atoms with E-state index < -0.39 is 12.0 Å². The SMILES string of the molecule is COc1cc(C(c2nc3ccccc3s2)N2CCCC2C(=O)O)ccc1OCc1ccccc1. The summed E-state index contributed by atoms with van der Waals surface area (Å²) in [4.78, 5) is 19.0. The summed E-state index contributed by atoms with van der Waals surface area (Å²) in [5.41, 5.74) is 2.94. The summed E-state index contributed by atoms with van der Waals surface area (Å²) in [7, 11) is 1.62. The Morgan fingerprint density at radius 3 is 2.68 bits per heavy atom. The van der Waals surface area contributed by atoms with E-state index in [2.05, 4.69) is 4.90 Å². The lowest BCUT2D eigenvalue weighted by molar-refractivity contribution is -0.142. The van der Waals surface area contributed by atoms with Gasteiger partial charge in [-0.2, -0.15) is 0 Å². The molecule has 1 fully saturated rings. The highest BCUT2D eigenvalue weighted by atomic mass is 32.1. The number of likely N-dealkylation sites (tertiary alicyclic amines) is 1. The minimum atomic E-state index is -0.793. The average Bonchev–Trinajstić information content (AvgIpc) is 3.51. The number of fused-ring (bicyclic) bond motifs is 1. The van der Waals surface area contributed by atoms with Gasteiger partial charge in [-0.3, -0.25) is 9.69 Å². The van der Waals surface area contributed by atoms with E-state index in [0.29, 0.717) is 31.1 Å². The normalized spacial score (nSPS) is 17.0. The van der Waals surface area contributed by atoms with Crippen LogP contribution in [0.2, 0.25) is 0 Å². The summed E-state index contributed by atoms with van der Waals surface area (Å²) in [5.74, 6) is 0.471. The second-order valence-electron chi connectivity index (χ2n) is 8.34. The van der Waals surface area contributed by atoms with Crippen LogP contribution in [0.1, 0.15) is 35.0 Å². The Morgan fingerprint density at radius 2 is 1.91 bits per heavy atom. The number of rotatable bonds is 8. The number of methoxy groups -OCH3 is 1. The molecule has 34 heavy (non-hydrogen) atoms. The van der Waals surface area contributed by atoms with Crippen molar-refractivity contribution in [2.24, 2.45) is 0 Å². The first-order valence-corrected chi connectivity index (χ1v) is 12.1. The van der Waals surface area contributed by atoms with Gasteiger partial charge in [0.25, 0.3) is 0 Å². The van der Waals surface area contributed by atoms with Gasteiger partial charge in [-0.1, -0.05) is 48.5 Å². The van der Waals surface area contributed by atoms with Crippen LogP contribution in [0.15, 0.2) is 72.8 Å². The molecule has 1 N–H and O–H groups in total. The molecule has 2 atom stereocenters. The van der Waals surface area contributed by atoms with Crippen LogP contribution in [0.5, 0.6) is 11.5 Å². The van der Waals surface area contributed by atoms with E-state index in [1.165, 1.54) is 0 Å². The number of thiazole rings is 1. The van der Waals surface area contributed by atoms with Gasteiger partial charge in [0.15, 0.2) is 11.5 Å². The van der Waals surface area contributed by atoms with E-state index in [4.69, 9.17) is 14.5 Å². The van der Waals surface area contributed by atoms with Crippen molar-refractivity contribution in [2.75, 3.05) is 13.7 Å². The number of carbonyl (C=O) groups is 1. The number of carboxylic acid groups (broad SMARTS) is 1. The maximum absolute atomic E-state index is 12.0. The third-order valence-corrected chi connectivity index (χ3v) is 7.28. The summed E-state index contributed by atoms with van der Waals surface area (Å²) in [5, 5.41) is 10.8. The first-order valence-electron chi connectivity index (χ1n) is 11.3. The zero-order valence-electron chi connectivity index (χ0n) is 18.9. The topological polar surface area (TPSA) is 71.9 Å². The lowest BCUT2D eigenvalue weighted by atomic mass is 10.0.